The number of carboxylic acid groups (broad SMARTS) is 1. The average molecular weight is 246 g/mol. The van der Waals surface area contributed by atoms with E-state index in [0.717, 1.165) is 12.0 Å². The maximum Gasteiger partial charge on any atom is 0.329 e. The molecule has 0 aliphatic heterocycles. The molecule has 1 aliphatic rings. The lowest BCUT2D eigenvalue weighted by Crippen LogP contribution is -2.52. The first-order valence-electron chi connectivity index (χ1n) is 5.76. The van der Waals surface area contributed by atoms with E-state index in [1.165, 1.54) is 0 Å². The molecular weight excluding hydrogens is 232 g/mol. The van der Waals surface area contributed by atoms with E-state index < -0.39 is 11.5 Å². The van der Waals surface area contributed by atoms with Crippen molar-refractivity contribution in [3.05, 3.63) is 16.8 Å². The number of hydrogen-bond acceptors (Lipinski definition) is 5. The van der Waals surface area contributed by atoms with Crippen LogP contribution in [0.25, 0.3) is 0 Å². The maximum absolute atomic E-state index is 11.3. The zero-order chi connectivity index (χ0) is 13.3. The first kappa shape index (κ1) is 12.3. The molecule has 0 spiro atoms. The summed E-state index contributed by atoms with van der Waals surface area (Å²) in [5.74, 6) is -0.639. The van der Waals surface area contributed by atoms with Crippen LogP contribution in [0.3, 0.4) is 0 Å². The molecule has 1 aromatic rings. The van der Waals surface area contributed by atoms with Crippen LogP contribution >= 0.6 is 0 Å². The largest absolute Gasteiger partial charge is 0.480 e. The van der Waals surface area contributed by atoms with Gasteiger partial charge in [-0.25, -0.2) is 4.79 Å². The summed E-state index contributed by atoms with van der Waals surface area (Å²) in [6.45, 7) is 3.55. The molecule has 0 amide bonds. The topological polar surface area (TPSA) is 98.9 Å². The number of aliphatic carboxylic acids is 1. The van der Waals surface area contributed by atoms with Crippen LogP contribution in [0.2, 0.25) is 0 Å². The number of nitrogens with one attached hydrogen (secondary N) is 1. The lowest BCUT2D eigenvalue weighted by molar-refractivity contribution is -0.145. The summed E-state index contributed by atoms with van der Waals surface area (Å²) in [6, 6.07) is 2.06. The molecule has 6 nitrogen and oxygen atoms in total. The van der Waals surface area contributed by atoms with E-state index in [1.54, 1.807) is 13.8 Å². The van der Waals surface area contributed by atoms with Crippen molar-refractivity contribution in [1.82, 2.24) is 10.2 Å². The fraction of sp³-hybridized carbons (Fsp3) is 0.500. The van der Waals surface area contributed by atoms with E-state index >= 15 is 0 Å². The van der Waals surface area contributed by atoms with E-state index in [4.69, 9.17) is 5.26 Å². The minimum absolute atomic E-state index is 0.266. The normalized spacial score (nSPS) is 16.5. The lowest BCUT2D eigenvalue weighted by atomic mass is 9.76. The zero-order valence-electron chi connectivity index (χ0n) is 10.3. The molecule has 1 fully saturated rings. The van der Waals surface area contributed by atoms with Crippen LogP contribution in [0.4, 0.5) is 5.82 Å². The van der Waals surface area contributed by atoms with Crippen molar-refractivity contribution >= 4 is 11.8 Å². The Morgan fingerprint density at radius 3 is 2.56 bits per heavy atom. The molecule has 1 aliphatic carbocycles. The second-order valence-electron chi connectivity index (χ2n) is 4.61. The first-order chi connectivity index (χ1) is 8.50. The van der Waals surface area contributed by atoms with Crippen LogP contribution in [0, 0.1) is 25.2 Å². The van der Waals surface area contributed by atoms with E-state index in [2.05, 4.69) is 21.6 Å². The van der Waals surface area contributed by atoms with Crippen LogP contribution < -0.4 is 5.32 Å². The fourth-order valence-electron chi connectivity index (χ4n) is 1.98. The fourth-order valence-corrected chi connectivity index (χ4v) is 1.98. The van der Waals surface area contributed by atoms with E-state index in [1.807, 2.05) is 0 Å². The number of carboxylic acids is 1. The summed E-state index contributed by atoms with van der Waals surface area (Å²) in [4.78, 5) is 11.3. The number of rotatable bonds is 3. The number of aryl methyl sites for hydroxylation is 1. The number of aromatic nitrogens is 2. The number of anilines is 1. The Labute approximate surface area is 105 Å². The van der Waals surface area contributed by atoms with Gasteiger partial charge in [0.1, 0.15) is 17.2 Å². The van der Waals surface area contributed by atoms with Crippen LogP contribution in [0.1, 0.15) is 36.1 Å². The van der Waals surface area contributed by atoms with Gasteiger partial charge in [-0.1, -0.05) is 0 Å². The Morgan fingerprint density at radius 2 is 2.11 bits per heavy atom. The minimum Gasteiger partial charge on any atom is -0.480 e. The van der Waals surface area contributed by atoms with Crippen molar-refractivity contribution < 1.29 is 9.90 Å². The summed E-state index contributed by atoms with van der Waals surface area (Å²) in [5, 5.41) is 29.1. The molecule has 1 heterocycles. The third kappa shape index (κ3) is 1.78. The quantitative estimate of drug-likeness (QED) is 0.836. The molecule has 0 unspecified atom stereocenters. The standard InChI is InChI=1S/C12H14N4O2/c1-7-8(2)15-16-10(9(7)6-13)14-12(11(17)18)4-3-5-12/h3-5H2,1-2H3,(H,14,16)(H,17,18). The highest BCUT2D eigenvalue weighted by Gasteiger charge is 2.45. The van der Waals surface area contributed by atoms with Crippen LogP contribution in [-0.2, 0) is 4.79 Å². The van der Waals surface area contributed by atoms with E-state index in [-0.39, 0.29) is 5.82 Å². The molecular formula is C12H14N4O2. The number of hydrogen-bond donors (Lipinski definition) is 2. The highest BCUT2D eigenvalue weighted by molar-refractivity contribution is 5.84. The molecule has 0 aromatic carbocycles. The van der Waals surface area contributed by atoms with Gasteiger partial charge in [-0.15, -0.1) is 5.10 Å². The molecule has 2 N–H and O–H groups in total. The number of carbonyl (C=O) groups is 1. The van der Waals surface area contributed by atoms with Crippen molar-refractivity contribution in [2.45, 2.75) is 38.6 Å². The summed E-state index contributed by atoms with van der Waals surface area (Å²) < 4.78 is 0. The molecule has 6 heteroatoms. The van der Waals surface area contributed by atoms with Crippen LogP contribution in [-0.4, -0.2) is 26.8 Å². The smallest absolute Gasteiger partial charge is 0.329 e. The number of nitrogens with zero attached hydrogens (tertiary/aromatic N) is 3. The molecule has 1 saturated carbocycles. The SMILES string of the molecule is Cc1nnc(NC2(C(=O)O)CCC2)c(C#N)c1C. The van der Waals surface area contributed by atoms with Gasteiger partial charge < -0.3 is 10.4 Å². The molecule has 1 aromatic heterocycles. The second-order valence-corrected chi connectivity index (χ2v) is 4.61. The highest BCUT2D eigenvalue weighted by Crippen LogP contribution is 2.36. The van der Waals surface area contributed by atoms with Gasteiger partial charge in [0.15, 0.2) is 5.82 Å². The van der Waals surface area contributed by atoms with Crippen LogP contribution in [0.5, 0.6) is 0 Å². The van der Waals surface area contributed by atoms with Gasteiger partial charge in [0.05, 0.1) is 5.69 Å². The van der Waals surface area contributed by atoms with Gasteiger partial charge in [0, 0.05) is 0 Å². The molecule has 2 rings (SSSR count). The minimum atomic E-state index is -0.984. The summed E-state index contributed by atoms with van der Waals surface area (Å²) in [5.41, 5.74) is 0.794. The lowest BCUT2D eigenvalue weighted by Gasteiger charge is -2.38. The van der Waals surface area contributed by atoms with Crippen molar-refractivity contribution in [1.29, 1.82) is 5.26 Å². The average Bonchev–Trinajstić information content (AvgIpc) is 2.27. The monoisotopic (exact) mass is 246 g/mol. The first-order valence-corrected chi connectivity index (χ1v) is 5.76. The summed E-state index contributed by atoms with van der Waals surface area (Å²) in [6.07, 6.45) is 1.95. The Hall–Kier alpha value is -2.16. The Kier molecular flexibility index (Phi) is 2.91. The predicted octanol–water partition coefficient (Wildman–Crippen LogP) is 1.38. The molecule has 18 heavy (non-hydrogen) atoms. The maximum atomic E-state index is 11.3. The van der Waals surface area contributed by atoms with Gasteiger partial charge in [-0.3, -0.25) is 0 Å². The Bertz CT molecular complexity index is 544. The van der Waals surface area contributed by atoms with Gasteiger partial charge in [-0.05, 0) is 38.7 Å². The Morgan fingerprint density at radius 1 is 1.44 bits per heavy atom. The van der Waals surface area contributed by atoms with Gasteiger partial charge in [0.25, 0.3) is 0 Å². The predicted molar refractivity (Wildman–Crippen MR) is 64.1 cm³/mol. The van der Waals surface area contributed by atoms with Crippen molar-refractivity contribution in [3.8, 4) is 6.07 Å². The molecule has 0 saturated heterocycles. The zero-order valence-corrected chi connectivity index (χ0v) is 10.3. The van der Waals surface area contributed by atoms with Gasteiger partial charge in [-0.2, -0.15) is 10.4 Å². The summed E-state index contributed by atoms with van der Waals surface area (Å²) in [7, 11) is 0. The van der Waals surface area contributed by atoms with Crippen molar-refractivity contribution in [2.24, 2.45) is 0 Å². The van der Waals surface area contributed by atoms with E-state index in [0.29, 0.717) is 24.1 Å². The van der Waals surface area contributed by atoms with E-state index in [9.17, 15) is 9.90 Å². The third-order valence-corrected chi connectivity index (χ3v) is 3.54. The summed E-state index contributed by atoms with van der Waals surface area (Å²) >= 11 is 0. The third-order valence-electron chi connectivity index (χ3n) is 3.54. The van der Waals surface area contributed by atoms with Crippen molar-refractivity contribution in [3.63, 3.8) is 0 Å². The van der Waals surface area contributed by atoms with Crippen molar-refractivity contribution in [2.75, 3.05) is 5.32 Å². The Balaban J connectivity index is 2.38. The number of nitriles is 1. The molecule has 94 valence electrons. The highest BCUT2D eigenvalue weighted by atomic mass is 16.4. The van der Waals surface area contributed by atoms with Crippen LogP contribution in [0.15, 0.2) is 0 Å². The molecule has 0 radical (unpaired) electrons. The molecule has 0 atom stereocenters. The van der Waals surface area contributed by atoms with Gasteiger partial charge in [0.2, 0.25) is 0 Å². The molecule has 0 bridgehead atoms. The van der Waals surface area contributed by atoms with Gasteiger partial charge >= 0.3 is 5.97 Å². The second kappa shape index (κ2) is 4.26.